The minimum atomic E-state index is -0.363. The Labute approximate surface area is 120 Å². The van der Waals surface area contributed by atoms with Gasteiger partial charge in [-0.15, -0.1) is 0 Å². The molecule has 0 spiro atoms. The van der Waals surface area contributed by atoms with Crippen molar-refractivity contribution in [3.8, 4) is 0 Å². The summed E-state index contributed by atoms with van der Waals surface area (Å²) >= 11 is 0. The van der Waals surface area contributed by atoms with E-state index in [2.05, 4.69) is 28.7 Å². The van der Waals surface area contributed by atoms with Gasteiger partial charge in [0.2, 0.25) is 5.95 Å². The van der Waals surface area contributed by atoms with Crippen LogP contribution in [-0.2, 0) is 4.74 Å². The van der Waals surface area contributed by atoms with Crippen LogP contribution in [0.1, 0.15) is 44.0 Å². The van der Waals surface area contributed by atoms with Gasteiger partial charge in [0.15, 0.2) is 0 Å². The zero-order valence-electron chi connectivity index (χ0n) is 12.5. The number of carbonyl (C=O) groups excluding carboxylic acids is 1. The maximum atomic E-state index is 11.5. The average Bonchev–Trinajstić information content (AvgIpc) is 2.48. The van der Waals surface area contributed by atoms with Gasteiger partial charge in [-0.05, 0) is 31.6 Å². The molecule has 1 aromatic heterocycles. The highest BCUT2D eigenvalue weighted by Gasteiger charge is 2.23. The molecule has 0 N–H and O–H groups in total. The van der Waals surface area contributed by atoms with Gasteiger partial charge in [0.05, 0.1) is 12.2 Å². The van der Waals surface area contributed by atoms with E-state index in [1.165, 1.54) is 12.8 Å². The average molecular weight is 277 g/mol. The predicted molar refractivity (Wildman–Crippen MR) is 77.8 cm³/mol. The van der Waals surface area contributed by atoms with Gasteiger partial charge in [0, 0.05) is 25.5 Å². The van der Waals surface area contributed by atoms with Crippen molar-refractivity contribution in [3.05, 3.63) is 18.0 Å². The molecule has 0 aliphatic carbocycles. The van der Waals surface area contributed by atoms with E-state index in [0.29, 0.717) is 18.1 Å². The molecule has 0 bridgehead atoms. The zero-order valence-corrected chi connectivity index (χ0v) is 12.5. The van der Waals surface area contributed by atoms with Gasteiger partial charge >= 0.3 is 5.97 Å². The molecule has 0 radical (unpaired) electrons. The van der Waals surface area contributed by atoms with E-state index in [0.717, 1.165) is 24.9 Å². The third-order valence-electron chi connectivity index (χ3n) is 3.91. The SMILES string of the molecule is CCOC(=O)c1cnc(N2CCC(C(C)C)CC2)nc1. The molecule has 0 aromatic carbocycles. The second-order valence-electron chi connectivity index (χ2n) is 5.56. The monoisotopic (exact) mass is 277 g/mol. The second kappa shape index (κ2) is 6.68. The Morgan fingerprint density at radius 1 is 1.35 bits per heavy atom. The maximum absolute atomic E-state index is 11.5. The quantitative estimate of drug-likeness (QED) is 0.792. The van der Waals surface area contributed by atoms with E-state index in [9.17, 15) is 4.79 Å². The fourth-order valence-electron chi connectivity index (χ4n) is 2.57. The van der Waals surface area contributed by atoms with Crippen molar-refractivity contribution in [2.75, 3.05) is 24.6 Å². The lowest BCUT2D eigenvalue weighted by molar-refractivity contribution is 0.0525. The molecule has 1 aliphatic heterocycles. The first-order valence-electron chi connectivity index (χ1n) is 7.36. The molecule has 2 rings (SSSR count). The fraction of sp³-hybridized carbons (Fsp3) is 0.667. The lowest BCUT2D eigenvalue weighted by Crippen LogP contribution is -2.36. The molecule has 20 heavy (non-hydrogen) atoms. The summed E-state index contributed by atoms with van der Waals surface area (Å²) in [5.74, 6) is 1.88. The van der Waals surface area contributed by atoms with Gasteiger partial charge in [-0.25, -0.2) is 14.8 Å². The lowest BCUT2D eigenvalue weighted by Gasteiger charge is -2.33. The Kier molecular flexibility index (Phi) is 4.93. The molecule has 5 nitrogen and oxygen atoms in total. The first kappa shape index (κ1) is 14.8. The van der Waals surface area contributed by atoms with Gasteiger partial charge < -0.3 is 9.64 Å². The van der Waals surface area contributed by atoms with E-state index < -0.39 is 0 Å². The number of hydrogen-bond donors (Lipinski definition) is 0. The van der Waals surface area contributed by atoms with Crippen LogP contribution in [0.3, 0.4) is 0 Å². The van der Waals surface area contributed by atoms with Crippen LogP contribution in [0.25, 0.3) is 0 Å². The summed E-state index contributed by atoms with van der Waals surface area (Å²) in [5.41, 5.74) is 0.410. The van der Waals surface area contributed by atoms with Crippen molar-refractivity contribution < 1.29 is 9.53 Å². The van der Waals surface area contributed by atoms with Crippen molar-refractivity contribution in [1.82, 2.24) is 9.97 Å². The molecule has 5 heteroatoms. The van der Waals surface area contributed by atoms with Gasteiger partial charge in [-0.2, -0.15) is 0 Å². The highest BCUT2D eigenvalue weighted by atomic mass is 16.5. The molecular weight excluding hydrogens is 254 g/mol. The van der Waals surface area contributed by atoms with Gasteiger partial charge in [0.25, 0.3) is 0 Å². The standard InChI is InChI=1S/C15H23N3O2/c1-4-20-14(19)13-9-16-15(17-10-13)18-7-5-12(6-8-18)11(2)3/h9-12H,4-8H2,1-3H3. The summed E-state index contributed by atoms with van der Waals surface area (Å²) in [5, 5.41) is 0. The lowest BCUT2D eigenvalue weighted by atomic mass is 9.87. The Morgan fingerprint density at radius 2 is 1.95 bits per heavy atom. The van der Waals surface area contributed by atoms with Gasteiger partial charge in [-0.1, -0.05) is 13.8 Å². The maximum Gasteiger partial charge on any atom is 0.341 e. The number of ether oxygens (including phenoxy) is 1. The van der Waals surface area contributed by atoms with E-state index in [4.69, 9.17) is 4.74 Å². The van der Waals surface area contributed by atoms with E-state index >= 15 is 0 Å². The van der Waals surface area contributed by atoms with Crippen LogP contribution < -0.4 is 4.90 Å². The van der Waals surface area contributed by atoms with Crippen LogP contribution in [-0.4, -0.2) is 35.6 Å². The third-order valence-corrected chi connectivity index (χ3v) is 3.91. The van der Waals surface area contributed by atoms with E-state index in [1.54, 1.807) is 19.3 Å². The summed E-state index contributed by atoms with van der Waals surface area (Å²) in [7, 11) is 0. The Bertz CT molecular complexity index is 437. The number of nitrogens with zero attached hydrogens (tertiary/aromatic N) is 3. The minimum Gasteiger partial charge on any atom is -0.462 e. The second-order valence-corrected chi connectivity index (χ2v) is 5.56. The van der Waals surface area contributed by atoms with Crippen LogP contribution in [0.4, 0.5) is 5.95 Å². The number of piperidine rings is 1. The molecule has 0 saturated carbocycles. The van der Waals surface area contributed by atoms with E-state index in [-0.39, 0.29) is 5.97 Å². The highest BCUT2D eigenvalue weighted by molar-refractivity contribution is 5.88. The molecule has 1 fully saturated rings. The fourth-order valence-corrected chi connectivity index (χ4v) is 2.57. The van der Waals surface area contributed by atoms with Crippen molar-refractivity contribution >= 4 is 11.9 Å². The largest absolute Gasteiger partial charge is 0.462 e. The number of rotatable bonds is 4. The van der Waals surface area contributed by atoms with Gasteiger partial charge in [0.1, 0.15) is 0 Å². The number of anilines is 1. The number of hydrogen-bond acceptors (Lipinski definition) is 5. The summed E-state index contributed by atoms with van der Waals surface area (Å²) in [6.45, 7) is 8.69. The summed E-state index contributed by atoms with van der Waals surface area (Å²) in [6.07, 6.45) is 5.46. The third kappa shape index (κ3) is 3.46. The Hall–Kier alpha value is -1.65. The minimum absolute atomic E-state index is 0.363. The normalized spacial score (nSPS) is 16.5. The molecule has 0 atom stereocenters. The molecule has 1 aliphatic rings. The molecule has 110 valence electrons. The predicted octanol–water partition coefficient (Wildman–Crippen LogP) is 2.53. The molecule has 1 aromatic rings. The van der Waals surface area contributed by atoms with Crippen LogP contribution in [0, 0.1) is 11.8 Å². The Balaban J connectivity index is 1.96. The summed E-state index contributed by atoms with van der Waals surface area (Å²) < 4.78 is 4.92. The van der Waals surface area contributed by atoms with Crippen LogP contribution in [0.5, 0.6) is 0 Å². The molecule has 0 amide bonds. The Morgan fingerprint density at radius 3 is 2.45 bits per heavy atom. The van der Waals surface area contributed by atoms with Crippen LogP contribution >= 0.6 is 0 Å². The molecule has 2 heterocycles. The van der Waals surface area contributed by atoms with Crippen molar-refractivity contribution in [3.63, 3.8) is 0 Å². The summed E-state index contributed by atoms with van der Waals surface area (Å²) in [4.78, 5) is 22.3. The van der Waals surface area contributed by atoms with Crippen molar-refractivity contribution in [2.24, 2.45) is 11.8 Å². The van der Waals surface area contributed by atoms with E-state index in [1.807, 2.05) is 0 Å². The number of carbonyl (C=O) groups is 1. The van der Waals surface area contributed by atoms with Crippen LogP contribution in [0.15, 0.2) is 12.4 Å². The first-order chi connectivity index (χ1) is 9.61. The number of esters is 1. The van der Waals surface area contributed by atoms with Crippen molar-refractivity contribution in [1.29, 1.82) is 0 Å². The molecule has 1 saturated heterocycles. The summed E-state index contributed by atoms with van der Waals surface area (Å²) in [6, 6.07) is 0. The van der Waals surface area contributed by atoms with Crippen LogP contribution in [0.2, 0.25) is 0 Å². The van der Waals surface area contributed by atoms with Crippen molar-refractivity contribution in [2.45, 2.75) is 33.6 Å². The first-order valence-corrected chi connectivity index (χ1v) is 7.36. The molecular formula is C15H23N3O2. The highest BCUT2D eigenvalue weighted by Crippen LogP contribution is 2.26. The number of aromatic nitrogens is 2. The zero-order chi connectivity index (χ0) is 14.5. The topological polar surface area (TPSA) is 55.3 Å². The molecule has 0 unspecified atom stereocenters. The smallest absolute Gasteiger partial charge is 0.341 e. The van der Waals surface area contributed by atoms with Gasteiger partial charge in [-0.3, -0.25) is 0 Å².